The molecule has 2 bridgehead atoms. The summed E-state index contributed by atoms with van der Waals surface area (Å²) in [4.78, 5) is 68.0. The van der Waals surface area contributed by atoms with Gasteiger partial charge in [-0.15, -0.1) is 0 Å². The van der Waals surface area contributed by atoms with Crippen molar-refractivity contribution in [2.75, 3.05) is 7.11 Å². The highest BCUT2D eigenvalue weighted by Gasteiger charge is 2.65. The lowest BCUT2D eigenvalue weighted by Crippen LogP contribution is -2.67. The molecular weight excluding hydrogens is 1160 g/mol. The Morgan fingerprint density at radius 1 is 0.764 bits per heavy atom. The van der Waals surface area contributed by atoms with Crippen molar-refractivity contribution in [2.45, 2.75) is 250 Å². The third-order valence-electron chi connectivity index (χ3n) is 20.3. The highest BCUT2D eigenvalue weighted by Crippen LogP contribution is 2.61. The number of ketones is 2. The Hall–Kier alpha value is -4.81. The van der Waals surface area contributed by atoms with Gasteiger partial charge in [0.15, 0.2) is 42.6 Å². The summed E-state index contributed by atoms with van der Waals surface area (Å²) in [5, 5.41) is 83.6. The lowest BCUT2D eigenvalue weighted by molar-refractivity contribution is -0.335. The van der Waals surface area contributed by atoms with Crippen LogP contribution < -0.4 is 5.32 Å². The van der Waals surface area contributed by atoms with Crippen LogP contribution in [-0.2, 0) is 71.3 Å². The molecule has 25 nitrogen and oxygen atoms in total. The van der Waals surface area contributed by atoms with Crippen molar-refractivity contribution in [3.8, 4) is 0 Å². The zero-order valence-corrected chi connectivity index (χ0v) is 52.9. The largest absolute Gasteiger partial charge is 0.762 e. The van der Waals surface area contributed by atoms with Crippen LogP contribution in [-0.4, -0.2) is 194 Å². The van der Waals surface area contributed by atoms with Crippen LogP contribution in [0, 0.1) is 46.1 Å². The monoisotopic (exact) mass is 1260 g/mol. The first-order valence-corrected chi connectivity index (χ1v) is 31.1. The Labute approximate surface area is 518 Å². The summed E-state index contributed by atoms with van der Waals surface area (Å²) in [6.45, 7) is 20.2. The van der Waals surface area contributed by atoms with Gasteiger partial charge in [0.1, 0.15) is 29.6 Å². The maximum absolute atomic E-state index is 15.8. The van der Waals surface area contributed by atoms with Crippen molar-refractivity contribution in [3.63, 3.8) is 0 Å². The van der Waals surface area contributed by atoms with Gasteiger partial charge in [0, 0.05) is 56.3 Å². The number of ether oxygens (including phenoxy) is 11. The molecule has 5 aliphatic heterocycles. The van der Waals surface area contributed by atoms with Crippen molar-refractivity contribution in [3.05, 3.63) is 75.8 Å². The van der Waals surface area contributed by atoms with Gasteiger partial charge in [0.05, 0.1) is 79.5 Å². The topological polar surface area (TPSA) is 347 Å². The minimum absolute atomic E-state index is 0.0206. The number of rotatable bonds is 13. The van der Waals surface area contributed by atoms with Crippen molar-refractivity contribution in [1.82, 2.24) is 10.5 Å². The summed E-state index contributed by atoms with van der Waals surface area (Å²) in [7, 11) is 1.16. The molecular formula is C64H91N2O23-. The number of amides is 1. The van der Waals surface area contributed by atoms with Crippen molar-refractivity contribution < 1.29 is 107 Å². The predicted octanol–water partition coefficient (Wildman–Crippen LogP) is 5.28. The number of hydrogen-bond acceptors (Lipinski definition) is 24. The molecule has 0 aromatic carbocycles. The lowest BCUT2D eigenvalue weighted by atomic mass is 9.49. The number of carbonyl (C=O) groups excluding carboxylic acids is 5. The number of hydroxylamine groups is 2. The molecule has 496 valence electrons. The molecule has 1 saturated carbocycles. The number of alkyl carbamates (subject to hydrolysis) is 1. The molecule has 0 unspecified atom stereocenters. The van der Waals surface area contributed by atoms with Gasteiger partial charge in [-0.25, -0.2) is 9.59 Å². The minimum atomic E-state index is -2.15. The molecule has 0 radical (unpaired) electrons. The van der Waals surface area contributed by atoms with E-state index >= 15 is 4.79 Å². The van der Waals surface area contributed by atoms with Crippen molar-refractivity contribution in [2.24, 2.45) is 40.9 Å². The molecule has 5 saturated heterocycles. The quantitative estimate of drug-likeness (QED) is 0.0308. The van der Waals surface area contributed by atoms with E-state index in [0.717, 1.165) is 7.11 Å². The lowest BCUT2D eigenvalue weighted by Gasteiger charge is -2.56. The van der Waals surface area contributed by atoms with E-state index in [0.29, 0.717) is 23.1 Å². The number of methoxy groups -OCH3 is 1. The van der Waals surface area contributed by atoms with Gasteiger partial charge in [-0.1, -0.05) is 62.8 Å². The summed E-state index contributed by atoms with van der Waals surface area (Å²) in [6, 6.07) is -1.07. The van der Waals surface area contributed by atoms with Crippen LogP contribution >= 0.6 is 0 Å². The van der Waals surface area contributed by atoms with Crippen LogP contribution in [0.1, 0.15) is 128 Å². The fourth-order valence-electron chi connectivity index (χ4n) is 15.8. The second-order valence-corrected chi connectivity index (χ2v) is 26.7. The first-order chi connectivity index (χ1) is 41.8. The number of esters is 2. The molecule has 1 spiro atoms. The fraction of sp³-hybridized carbons (Fsp3) is 0.734. The van der Waals surface area contributed by atoms with E-state index in [1.807, 2.05) is 32.1 Å². The highest BCUT2D eigenvalue weighted by molar-refractivity contribution is 6.26. The predicted molar refractivity (Wildman–Crippen MR) is 312 cm³/mol. The number of fused-ring (bicyclic) bond motifs is 4. The van der Waals surface area contributed by atoms with E-state index in [1.165, 1.54) is 39.0 Å². The van der Waals surface area contributed by atoms with E-state index in [1.54, 1.807) is 40.7 Å². The van der Waals surface area contributed by atoms with Crippen LogP contribution in [0.5, 0.6) is 0 Å². The molecule has 1 amide bonds. The summed E-state index contributed by atoms with van der Waals surface area (Å²) in [6.07, 6.45) is -5.39. The molecule has 0 aromatic heterocycles. The van der Waals surface area contributed by atoms with Crippen LogP contribution in [0.3, 0.4) is 0 Å². The molecule has 9 rings (SSSR count). The summed E-state index contributed by atoms with van der Waals surface area (Å²) in [5.74, 6) is -6.79. The van der Waals surface area contributed by atoms with Crippen LogP contribution in [0.2, 0.25) is 0 Å². The number of aliphatic hydroxyl groups is 5. The Balaban J connectivity index is 1.05. The van der Waals surface area contributed by atoms with Gasteiger partial charge >= 0.3 is 18.0 Å². The van der Waals surface area contributed by atoms with Gasteiger partial charge in [-0.2, -0.15) is 0 Å². The van der Waals surface area contributed by atoms with Crippen molar-refractivity contribution >= 4 is 29.6 Å². The normalized spacial score (nSPS) is 46.5. The minimum Gasteiger partial charge on any atom is -0.762 e. The Morgan fingerprint density at radius 2 is 1.39 bits per heavy atom. The van der Waals surface area contributed by atoms with Gasteiger partial charge in [-0.3, -0.25) is 19.6 Å². The molecule has 89 heavy (non-hydrogen) atoms. The summed E-state index contributed by atoms with van der Waals surface area (Å²) >= 11 is 0. The number of aliphatic hydroxyl groups excluding tert-OH is 5. The zero-order chi connectivity index (χ0) is 65.1. The Bertz CT molecular complexity index is 2830. The van der Waals surface area contributed by atoms with E-state index in [2.05, 4.69) is 19.2 Å². The average molecular weight is 1260 g/mol. The molecule has 4 aliphatic carbocycles. The Kier molecular flexibility index (Phi) is 20.8. The molecule has 6 fully saturated rings. The second kappa shape index (κ2) is 27.0. The van der Waals surface area contributed by atoms with E-state index in [4.69, 9.17) is 52.1 Å². The van der Waals surface area contributed by atoms with E-state index in [9.17, 15) is 55.1 Å². The van der Waals surface area contributed by atoms with Gasteiger partial charge in [0.25, 0.3) is 0 Å². The number of nitrogens with one attached hydrogen (secondary N) is 1. The molecule has 27 atom stereocenters. The summed E-state index contributed by atoms with van der Waals surface area (Å²) < 4.78 is 68.5. The SMILES string of the molecule is COC(=O)N[C@H]1[C@@H](C)O[C@@H](O[C@H]2C/C=C(\C)[C@@H]3C=C[C@@H]4[C@@H](O[C@H]5C[C@@H](O[C@H]6C[C@@H](O)[C@@H](O[C@@H]7C[C@@H](O)[C@@H](O)[C@H](C)O7)[C@H](C)O6)[C@@H](OC(C)=O)[C@H](C)O5)[C@@H](C)C[C@H](C)[C@H]4[C@]3(C)C(O)=C3C(=O)O[C@]4(CC(/C=C/C(C)=O)=C[C@H](O)[C@H]4/C=C/2C)C3=O)C[C@]1(C)N([O-])O. The second-order valence-electron chi connectivity index (χ2n) is 26.7. The third kappa shape index (κ3) is 13.5. The average Bonchev–Trinajstić information content (AvgIpc) is 1.69. The maximum atomic E-state index is 15.8. The third-order valence-corrected chi connectivity index (χ3v) is 20.3. The first-order valence-electron chi connectivity index (χ1n) is 31.1. The van der Waals surface area contributed by atoms with Crippen LogP contribution in [0.4, 0.5) is 4.79 Å². The van der Waals surface area contributed by atoms with Crippen molar-refractivity contribution in [1.29, 1.82) is 0 Å². The summed E-state index contributed by atoms with van der Waals surface area (Å²) in [5.41, 5.74) is -4.38. The van der Waals surface area contributed by atoms with E-state index < -0.39 is 186 Å². The van der Waals surface area contributed by atoms with Crippen LogP contribution in [0.25, 0.3) is 0 Å². The number of allylic oxidation sites excluding steroid dienone is 5. The standard InChI is InChI=1S/C64H91N2O23/c1-28-14-19-45(85-50-27-62(11,66(77)78)57(36(9)83-50)65-61(76)79-13)29(2)21-41-42(69)22-38(16-15-32(5)67)26-64(41)59(74)51(60(75)89-64)58(73)63(12)40(28)18-17-39-52(63)30(3)20-31(4)54(39)87-49-25-46(56(35(8)82-49)84-37(10)68)86-47-24-44(71)55(34(7)81-47)88-48-23-43(70)53(72)33(6)80-48/h14-18,21-22,30-31,33-36,39-50,52-57,69-73,77H,19-20,23-27H2,1-13H3,(H,65,76)/q-1/b16-15+,28-14+,29-21+,58-51?/t30-,31-,33-,34-,35-,36+,39-,40-,41+,42-,43+,44+,45-,46+,47-,48+,49-,50-,52+,53-,54-,55-,56-,57-,62-,63+,64-/m0/s1. The maximum Gasteiger partial charge on any atom is 0.407 e. The molecule has 7 N–H and O–H groups in total. The number of carbonyl (C=O) groups is 5. The number of nitrogens with zero attached hydrogens (tertiary/aromatic N) is 1. The smallest absolute Gasteiger partial charge is 0.407 e. The molecule has 5 heterocycles. The number of Topliss-reactive ketones (excluding diaryl/α,β-unsaturated/α-hetero) is 1. The molecule has 0 aromatic rings. The highest BCUT2D eigenvalue weighted by atomic mass is 16.8. The van der Waals surface area contributed by atoms with E-state index in [-0.39, 0.29) is 61.4 Å². The number of hydrogen-bond donors (Lipinski definition) is 7. The fourth-order valence-corrected chi connectivity index (χ4v) is 15.8. The molecule has 9 aliphatic rings. The van der Waals surface area contributed by atoms with Gasteiger partial charge < -0.3 is 93.4 Å². The van der Waals surface area contributed by atoms with Crippen LogP contribution in [0.15, 0.2) is 70.6 Å². The van der Waals surface area contributed by atoms with Gasteiger partial charge in [0.2, 0.25) is 5.78 Å². The van der Waals surface area contributed by atoms with Gasteiger partial charge in [-0.05, 0) is 103 Å². The Morgan fingerprint density at radius 3 is 2.03 bits per heavy atom. The molecule has 25 heteroatoms. The first kappa shape index (κ1) is 68.6. The zero-order valence-electron chi connectivity index (χ0n) is 52.9.